The minimum atomic E-state index is 0.156. The smallest absolute Gasteiger partial charge is 0.125 e. The van der Waals surface area contributed by atoms with Gasteiger partial charge in [-0.25, -0.2) is 0 Å². The topological polar surface area (TPSA) is 53.1 Å². The number of hydrogen-bond donors (Lipinski definition) is 1. The van der Waals surface area contributed by atoms with E-state index in [0.717, 1.165) is 28.4 Å². The molecule has 1 heterocycles. The van der Waals surface area contributed by atoms with Crippen molar-refractivity contribution in [2.45, 2.75) is 39.7 Å². The summed E-state index contributed by atoms with van der Waals surface area (Å²) in [5.41, 5.74) is 9.20. The monoisotopic (exact) mass is 273 g/mol. The van der Waals surface area contributed by atoms with Gasteiger partial charge in [0.25, 0.3) is 0 Å². The van der Waals surface area contributed by atoms with Crippen molar-refractivity contribution in [3.8, 4) is 17.0 Å². The molecule has 2 N–H and O–H groups in total. The lowest BCUT2D eigenvalue weighted by Crippen LogP contribution is -2.05. The molecule has 0 saturated heterocycles. The number of nitrogen functional groups attached to an aromatic ring is 1. The largest absolute Gasteiger partial charge is 0.491 e. The standard InChI is InChI=1S/C16H23N3O/c1-10(2)14-15(18-19(5)16(14)17)12-7-6-8-13(9-12)20-11(3)4/h6-11H,17H2,1-5H3. The van der Waals surface area contributed by atoms with Gasteiger partial charge in [0.1, 0.15) is 11.6 Å². The Morgan fingerprint density at radius 2 is 1.90 bits per heavy atom. The lowest BCUT2D eigenvalue weighted by Gasteiger charge is -2.11. The van der Waals surface area contributed by atoms with E-state index in [-0.39, 0.29) is 6.10 Å². The summed E-state index contributed by atoms with van der Waals surface area (Å²) in [6, 6.07) is 8.02. The summed E-state index contributed by atoms with van der Waals surface area (Å²) in [4.78, 5) is 0. The number of rotatable bonds is 4. The third-order valence-electron chi connectivity index (χ3n) is 3.19. The molecule has 108 valence electrons. The highest BCUT2D eigenvalue weighted by molar-refractivity contribution is 5.70. The van der Waals surface area contributed by atoms with E-state index >= 15 is 0 Å². The fraction of sp³-hybridized carbons (Fsp3) is 0.438. The molecule has 0 atom stereocenters. The van der Waals surface area contributed by atoms with Crippen molar-refractivity contribution in [3.05, 3.63) is 29.8 Å². The minimum Gasteiger partial charge on any atom is -0.491 e. The second kappa shape index (κ2) is 5.57. The van der Waals surface area contributed by atoms with Gasteiger partial charge in [0.15, 0.2) is 0 Å². The van der Waals surface area contributed by atoms with Crippen LogP contribution in [0.5, 0.6) is 5.75 Å². The Morgan fingerprint density at radius 1 is 1.20 bits per heavy atom. The van der Waals surface area contributed by atoms with Gasteiger partial charge < -0.3 is 10.5 Å². The molecule has 0 radical (unpaired) electrons. The van der Waals surface area contributed by atoms with Crippen LogP contribution in [0.15, 0.2) is 24.3 Å². The van der Waals surface area contributed by atoms with Crippen molar-refractivity contribution in [1.29, 1.82) is 0 Å². The number of aromatic nitrogens is 2. The summed E-state index contributed by atoms with van der Waals surface area (Å²) in [5.74, 6) is 1.91. The van der Waals surface area contributed by atoms with Gasteiger partial charge in [-0.1, -0.05) is 26.0 Å². The summed E-state index contributed by atoms with van der Waals surface area (Å²) in [7, 11) is 1.87. The highest BCUT2D eigenvalue weighted by atomic mass is 16.5. The van der Waals surface area contributed by atoms with Gasteiger partial charge in [-0.05, 0) is 31.9 Å². The van der Waals surface area contributed by atoms with E-state index in [4.69, 9.17) is 10.5 Å². The molecule has 20 heavy (non-hydrogen) atoms. The van der Waals surface area contributed by atoms with E-state index in [9.17, 15) is 0 Å². The summed E-state index contributed by atoms with van der Waals surface area (Å²) in [6.45, 7) is 8.30. The zero-order chi connectivity index (χ0) is 14.9. The second-order valence-electron chi connectivity index (χ2n) is 5.62. The number of benzene rings is 1. The predicted octanol–water partition coefficient (Wildman–Crippen LogP) is 3.58. The Bertz CT molecular complexity index is 600. The summed E-state index contributed by atoms with van der Waals surface area (Å²) in [6.07, 6.45) is 0.156. The van der Waals surface area contributed by atoms with E-state index in [1.165, 1.54) is 0 Å². The predicted molar refractivity (Wildman–Crippen MR) is 82.9 cm³/mol. The van der Waals surface area contributed by atoms with Crippen molar-refractivity contribution in [2.75, 3.05) is 5.73 Å². The fourth-order valence-electron chi connectivity index (χ4n) is 2.32. The molecular weight excluding hydrogens is 250 g/mol. The SMILES string of the molecule is CC(C)Oc1cccc(-c2nn(C)c(N)c2C(C)C)c1. The molecular formula is C16H23N3O. The molecule has 4 nitrogen and oxygen atoms in total. The van der Waals surface area contributed by atoms with E-state index < -0.39 is 0 Å². The van der Waals surface area contributed by atoms with Crippen molar-refractivity contribution < 1.29 is 4.74 Å². The molecule has 4 heteroatoms. The van der Waals surface area contributed by atoms with Crippen LogP contribution in [0.1, 0.15) is 39.2 Å². The number of aryl methyl sites for hydroxylation is 1. The Labute approximate surface area is 120 Å². The lowest BCUT2D eigenvalue weighted by atomic mass is 9.98. The summed E-state index contributed by atoms with van der Waals surface area (Å²) < 4.78 is 7.48. The first-order valence-corrected chi connectivity index (χ1v) is 6.99. The highest BCUT2D eigenvalue weighted by Gasteiger charge is 2.18. The van der Waals surface area contributed by atoms with E-state index in [1.54, 1.807) is 4.68 Å². The maximum atomic E-state index is 6.13. The highest BCUT2D eigenvalue weighted by Crippen LogP contribution is 2.34. The van der Waals surface area contributed by atoms with Crippen molar-refractivity contribution in [3.63, 3.8) is 0 Å². The van der Waals surface area contributed by atoms with Crippen LogP contribution in [-0.4, -0.2) is 15.9 Å². The molecule has 0 saturated carbocycles. The maximum absolute atomic E-state index is 6.13. The van der Waals surface area contributed by atoms with Crippen LogP contribution in [0.4, 0.5) is 5.82 Å². The first kappa shape index (κ1) is 14.4. The number of nitrogens with two attached hydrogens (primary N) is 1. The number of hydrogen-bond acceptors (Lipinski definition) is 3. The summed E-state index contributed by atoms with van der Waals surface area (Å²) >= 11 is 0. The average molecular weight is 273 g/mol. The van der Waals surface area contributed by atoms with Crippen molar-refractivity contribution >= 4 is 5.82 Å². The zero-order valence-corrected chi connectivity index (χ0v) is 12.8. The Balaban J connectivity index is 2.49. The number of anilines is 1. The third kappa shape index (κ3) is 2.79. The van der Waals surface area contributed by atoms with Crippen LogP contribution in [0.3, 0.4) is 0 Å². The fourth-order valence-corrected chi connectivity index (χ4v) is 2.32. The van der Waals surface area contributed by atoms with Gasteiger partial charge in [0.05, 0.1) is 11.8 Å². The molecule has 0 aliphatic rings. The molecule has 0 amide bonds. The Kier molecular flexibility index (Phi) is 4.02. The average Bonchev–Trinajstić information content (AvgIpc) is 2.65. The van der Waals surface area contributed by atoms with Crippen molar-refractivity contribution in [2.24, 2.45) is 7.05 Å². The van der Waals surface area contributed by atoms with Crippen LogP contribution in [0.25, 0.3) is 11.3 Å². The molecule has 0 bridgehead atoms. The van der Waals surface area contributed by atoms with Crippen LogP contribution in [0.2, 0.25) is 0 Å². The molecule has 1 aromatic carbocycles. The van der Waals surface area contributed by atoms with Crippen LogP contribution < -0.4 is 10.5 Å². The Hall–Kier alpha value is -1.97. The van der Waals surface area contributed by atoms with Crippen molar-refractivity contribution in [1.82, 2.24) is 9.78 Å². The maximum Gasteiger partial charge on any atom is 0.125 e. The molecule has 0 fully saturated rings. The first-order valence-electron chi connectivity index (χ1n) is 6.99. The van der Waals surface area contributed by atoms with Gasteiger partial charge in [0, 0.05) is 18.2 Å². The molecule has 2 rings (SSSR count). The quantitative estimate of drug-likeness (QED) is 0.926. The number of ether oxygens (including phenoxy) is 1. The first-order chi connectivity index (χ1) is 9.40. The van der Waals surface area contributed by atoms with E-state index in [0.29, 0.717) is 5.92 Å². The normalized spacial score (nSPS) is 11.3. The molecule has 2 aromatic rings. The van der Waals surface area contributed by atoms with Crippen LogP contribution in [0, 0.1) is 0 Å². The van der Waals surface area contributed by atoms with Crippen LogP contribution in [-0.2, 0) is 7.05 Å². The lowest BCUT2D eigenvalue weighted by molar-refractivity contribution is 0.242. The molecule has 0 spiro atoms. The second-order valence-corrected chi connectivity index (χ2v) is 5.62. The van der Waals surface area contributed by atoms with Gasteiger partial charge in [-0.3, -0.25) is 4.68 Å². The van der Waals surface area contributed by atoms with Gasteiger partial charge in [-0.15, -0.1) is 0 Å². The van der Waals surface area contributed by atoms with Crippen LogP contribution >= 0.6 is 0 Å². The zero-order valence-electron chi connectivity index (χ0n) is 12.8. The third-order valence-corrected chi connectivity index (χ3v) is 3.19. The Morgan fingerprint density at radius 3 is 2.50 bits per heavy atom. The molecule has 0 aliphatic heterocycles. The molecule has 0 aliphatic carbocycles. The van der Waals surface area contributed by atoms with E-state index in [2.05, 4.69) is 18.9 Å². The van der Waals surface area contributed by atoms with Gasteiger partial charge in [0.2, 0.25) is 0 Å². The van der Waals surface area contributed by atoms with E-state index in [1.807, 2.05) is 45.2 Å². The summed E-state index contributed by atoms with van der Waals surface area (Å²) in [5, 5.41) is 4.56. The molecule has 0 unspecified atom stereocenters. The molecule has 1 aromatic heterocycles. The minimum absolute atomic E-state index is 0.156. The van der Waals surface area contributed by atoms with Gasteiger partial charge in [-0.2, -0.15) is 5.10 Å². The van der Waals surface area contributed by atoms with Gasteiger partial charge >= 0.3 is 0 Å². The number of nitrogens with zero attached hydrogens (tertiary/aromatic N) is 2.